The number of hydrogen-bond acceptors (Lipinski definition) is 4. The number of nitrogens with one attached hydrogen (secondary N) is 1. The highest BCUT2D eigenvalue weighted by Crippen LogP contribution is 2.26. The smallest absolute Gasteiger partial charge is 0.243 e. The Bertz CT molecular complexity index is 1270. The van der Waals surface area contributed by atoms with E-state index in [0.29, 0.717) is 30.2 Å². The van der Waals surface area contributed by atoms with Gasteiger partial charge in [0, 0.05) is 24.5 Å². The number of amides is 1. The van der Waals surface area contributed by atoms with Crippen molar-refractivity contribution in [1.82, 2.24) is 9.62 Å². The highest BCUT2D eigenvalue weighted by atomic mass is 35.5. The Morgan fingerprint density at radius 1 is 1.06 bits per heavy atom. The molecular formula is C26H26ClFN2O4S. The number of carbonyl (C=O) groups is 1. The summed E-state index contributed by atoms with van der Waals surface area (Å²) in [5.74, 6) is -0.190. The zero-order valence-corrected chi connectivity index (χ0v) is 20.6. The van der Waals surface area contributed by atoms with E-state index in [2.05, 4.69) is 5.32 Å². The van der Waals surface area contributed by atoms with Crippen molar-refractivity contribution < 1.29 is 22.3 Å². The van der Waals surface area contributed by atoms with Crippen molar-refractivity contribution >= 4 is 27.5 Å². The van der Waals surface area contributed by atoms with Crippen LogP contribution in [0.1, 0.15) is 24.0 Å². The van der Waals surface area contributed by atoms with Crippen LogP contribution >= 0.6 is 11.6 Å². The molecule has 1 aliphatic heterocycles. The van der Waals surface area contributed by atoms with E-state index in [4.69, 9.17) is 16.3 Å². The molecule has 184 valence electrons. The van der Waals surface area contributed by atoms with Crippen molar-refractivity contribution in [2.24, 2.45) is 0 Å². The number of halogens is 2. The van der Waals surface area contributed by atoms with E-state index in [1.54, 1.807) is 0 Å². The Hall–Kier alpha value is -2.94. The predicted molar refractivity (Wildman–Crippen MR) is 132 cm³/mol. The SMILES string of the molecule is O=C(NCc1cccc(OCCc2ccc(Cl)cc2)c1)[C@@H]1CCCN1S(=O)(=O)c1ccc(F)cc1. The third-order valence-electron chi connectivity index (χ3n) is 5.86. The average molecular weight is 517 g/mol. The van der Waals surface area contributed by atoms with Crippen LogP contribution in [0, 0.1) is 5.82 Å². The summed E-state index contributed by atoms with van der Waals surface area (Å²) in [5.41, 5.74) is 1.96. The summed E-state index contributed by atoms with van der Waals surface area (Å²) < 4.78 is 46.3. The molecule has 3 aromatic carbocycles. The number of carbonyl (C=O) groups excluding carboxylic acids is 1. The fourth-order valence-electron chi connectivity index (χ4n) is 4.02. The standard InChI is InChI=1S/C26H26ClFN2O4S/c27-21-8-6-19(7-9-21)14-16-34-23-4-1-3-20(17-23)18-29-26(31)25-5-2-15-30(25)35(32,33)24-12-10-22(28)11-13-24/h1,3-4,6-13,17,25H,2,5,14-16,18H2,(H,29,31)/t25-/m0/s1. The van der Waals surface area contributed by atoms with Gasteiger partial charge >= 0.3 is 0 Å². The van der Waals surface area contributed by atoms with Crippen molar-refractivity contribution in [3.63, 3.8) is 0 Å². The lowest BCUT2D eigenvalue weighted by Gasteiger charge is -2.23. The summed E-state index contributed by atoms with van der Waals surface area (Å²) >= 11 is 5.91. The van der Waals surface area contributed by atoms with Crippen LogP contribution in [-0.2, 0) is 27.8 Å². The Morgan fingerprint density at radius 2 is 1.80 bits per heavy atom. The van der Waals surface area contributed by atoms with Crippen LogP contribution in [0.5, 0.6) is 5.75 Å². The molecule has 0 aliphatic carbocycles. The van der Waals surface area contributed by atoms with Gasteiger partial charge in [0.05, 0.1) is 11.5 Å². The van der Waals surface area contributed by atoms with Gasteiger partial charge < -0.3 is 10.1 Å². The minimum absolute atomic E-state index is 0.0259. The van der Waals surface area contributed by atoms with E-state index >= 15 is 0 Å². The van der Waals surface area contributed by atoms with Crippen LogP contribution in [0.2, 0.25) is 5.02 Å². The molecule has 0 saturated carbocycles. The molecule has 0 spiro atoms. The zero-order valence-electron chi connectivity index (χ0n) is 19.0. The maximum absolute atomic E-state index is 13.2. The molecule has 1 N–H and O–H groups in total. The first-order chi connectivity index (χ1) is 16.8. The second-order valence-corrected chi connectivity index (χ2v) is 10.6. The third kappa shape index (κ3) is 6.39. The number of rotatable bonds is 9. The van der Waals surface area contributed by atoms with E-state index in [1.807, 2.05) is 48.5 Å². The molecule has 1 aliphatic rings. The van der Waals surface area contributed by atoms with E-state index in [9.17, 15) is 17.6 Å². The van der Waals surface area contributed by atoms with Crippen molar-refractivity contribution in [2.45, 2.75) is 36.7 Å². The van der Waals surface area contributed by atoms with Gasteiger partial charge in [-0.2, -0.15) is 4.31 Å². The normalized spacial score (nSPS) is 16.2. The minimum Gasteiger partial charge on any atom is -0.493 e. The van der Waals surface area contributed by atoms with Crippen LogP contribution < -0.4 is 10.1 Å². The first-order valence-corrected chi connectivity index (χ1v) is 13.2. The molecule has 1 saturated heterocycles. The van der Waals surface area contributed by atoms with Crippen molar-refractivity contribution in [3.05, 3.63) is 94.8 Å². The zero-order chi connectivity index (χ0) is 24.8. The average Bonchev–Trinajstić information content (AvgIpc) is 3.36. The van der Waals surface area contributed by atoms with Gasteiger partial charge in [-0.05, 0) is 72.5 Å². The maximum atomic E-state index is 13.2. The Morgan fingerprint density at radius 3 is 2.54 bits per heavy atom. The largest absolute Gasteiger partial charge is 0.493 e. The fraction of sp³-hybridized carbons (Fsp3) is 0.269. The lowest BCUT2D eigenvalue weighted by atomic mass is 10.1. The molecule has 1 heterocycles. The van der Waals surface area contributed by atoms with Crippen LogP contribution in [0.15, 0.2) is 77.7 Å². The van der Waals surface area contributed by atoms with Gasteiger partial charge in [-0.15, -0.1) is 0 Å². The quantitative estimate of drug-likeness (QED) is 0.452. The second kappa shape index (κ2) is 11.2. The number of hydrogen-bond donors (Lipinski definition) is 1. The molecule has 1 amide bonds. The van der Waals surface area contributed by atoms with Crippen LogP contribution in [0.3, 0.4) is 0 Å². The number of nitrogens with zero attached hydrogens (tertiary/aromatic N) is 1. The molecule has 4 rings (SSSR count). The summed E-state index contributed by atoms with van der Waals surface area (Å²) in [6.45, 7) is 0.985. The molecule has 9 heteroatoms. The van der Waals surface area contributed by atoms with Crippen molar-refractivity contribution in [3.8, 4) is 5.75 Å². The van der Waals surface area contributed by atoms with Crippen LogP contribution in [-0.4, -0.2) is 37.8 Å². The van der Waals surface area contributed by atoms with Gasteiger partial charge in [0.2, 0.25) is 15.9 Å². The molecule has 1 fully saturated rings. The van der Waals surface area contributed by atoms with Gasteiger partial charge in [0.25, 0.3) is 0 Å². The van der Waals surface area contributed by atoms with Gasteiger partial charge in [-0.3, -0.25) is 4.79 Å². The Labute approximate surface area is 209 Å². The van der Waals surface area contributed by atoms with Gasteiger partial charge in [0.1, 0.15) is 17.6 Å². The highest BCUT2D eigenvalue weighted by Gasteiger charge is 2.39. The summed E-state index contributed by atoms with van der Waals surface area (Å²) in [6, 6.07) is 18.9. The Balaban J connectivity index is 1.33. The van der Waals surface area contributed by atoms with E-state index in [0.717, 1.165) is 29.7 Å². The number of benzene rings is 3. The van der Waals surface area contributed by atoms with Crippen LogP contribution in [0.4, 0.5) is 4.39 Å². The highest BCUT2D eigenvalue weighted by molar-refractivity contribution is 7.89. The number of sulfonamides is 1. The monoisotopic (exact) mass is 516 g/mol. The minimum atomic E-state index is -3.90. The first-order valence-electron chi connectivity index (χ1n) is 11.3. The Kier molecular flexibility index (Phi) is 8.05. The van der Waals surface area contributed by atoms with Gasteiger partial charge in [-0.1, -0.05) is 35.9 Å². The molecule has 6 nitrogen and oxygen atoms in total. The molecule has 0 unspecified atom stereocenters. The molecule has 35 heavy (non-hydrogen) atoms. The lowest BCUT2D eigenvalue weighted by molar-refractivity contribution is -0.124. The van der Waals surface area contributed by atoms with Crippen molar-refractivity contribution in [2.75, 3.05) is 13.2 Å². The molecule has 3 aromatic rings. The third-order valence-corrected chi connectivity index (χ3v) is 8.04. The molecular weight excluding hydrogens is 491 g/mol. The van der Waals surface area contributed by atoms with Gasteiger partial charge in [0.15, 0.2) is 0 Å². The summed E-state index contributed by atoms with van der Waals surface area (Å²) in [6.07, 6.45) is 1.74. The number of ether oxygens (including phenoxy) is 1. The van der Waals surface area contributed by atoms with E-state index in [-0.39, 0.29) is 23.9 Å². The molecule has 0 radical (unpaired) electrons. The predicted octanol–water partition coefficient (Wildman–Crippen LogP) is 4.57. The first kappa shape index (κ1) is 25.2. The molecule has 0 bridgehead atoms. The fourth-order valence-corrected chi connectivity index (χ4v) is 5.80. The van der Waals surface area contributed by atoms with E-state index in [1.165, 1.54) is 16.4 Å². The van der Waals surface area contributed by atoms with Crippen LogP contribution in [0.25, 0.3) is 0 Å². The molecule has 1 atom stereocenters. The molecule has 0 aromatic heterocycles. The summed E-state index contributed by atoms with van der Waals surface area (Å²) in [4.78, 5) is 12.9. The maximum Gasteiger partial charge on any atom is 0.243 e. The second-order valence-electron chi connectivity index (χ2n) is 8.32. The summed E-state index contributed by atoms with van der Waals surface area (Å²) in [7, 11) is -3.90. The van der Waals surface area contributed by atoms with E-state index < -0.39 is 21.9 Å². The van der Waals surface area contributed by atoms with Gasteiger partial charge in [-0.25, -0.2) is 12.8 Å². The van der Waals surface area contributed by atoms with Crippen molar-refractivity contribution in [1.29, 1.82) is 0 Å². The topological polar surface area (TPSA) is 75.7 Å². The summed E-state index contributed by atoms with van der Waals surface area (Å²) in [5, 5.41) is 3.54. The lowest BCUT2D eigenvalue weighted by Crippen LogP contribution is -2.45.